The molecule has 0 bridgehead atoms. The molecule has 4 rings (SSSR count). The molecule has 0 aromatic heterocycles. The van der Waals surface area contributed by atoms with Crippen LogP contribution in [0.15, 0.2) is 42.5 Å². The maximum Gasteiger partial charge on any atom is 0.268 e. The lowest BCUT2D eigenvalue weighted by molar-refractivity contribution is -0.140. The van der Waals surface area contributed by atoms with Crippen LogP contribution < -0.4 is 9.64 Å². The van der Waals surface area contributed by atoms with Crippen LogP contribution in [0.4, 0.5) is 5.69 Å². The molecule has 2 aromatic rings. The number of benzene rings is 2. The lowest BCUT2D eigenvalue weighted by Crippen LogP contribution is -2.50. The van der Waals surface area contributed by atoms with Crippen LogP contribution in [0.1, 0.15) is 37.0 Å². The Morgan fingerprint density at radius 2 is 1.93 bits per heavy atom. The van der Waals surface area contributed by atoms with Crippen molar-refractivity contribution in [2.75, 3.05) is 24.3 Å². The van der Waals surface area contributed by atoms with Gasteiger partial charge >= 0.3 is 0 Å². The number of thioether (sulfide) groups is 1. The molecule has 6 heteroatoms. The first-order valence-electron chi connectivity index (χ1n) is 10.4. The second-order valence-corrected chi connectivity index (χ2v) is 9.68. The number of aryl methyl sites for hydroxylation is 1. The molecule has 30 heavy (non-hydrogen) atoms. The number of nitrogens with zero attached hydrogens (tertiary/aromatic N) is 2. The first-order chi connectivity index (χ1) is 14.4. The molecule has 0 saturated carbocycles. The van der Waals surface area contributed by atoms with Crippen molar-refractivity contribution in [2.24, 2.45) is 5.92 Å². The van der Waals surface area contributed by atoms with Crippen LogP contribution in [0.25, 0.3) is 0 Å². The van der Waals surface area contributed by atoms with Gasteiger partial charge in [0, 0.05) is 24.3 Å². The number of anilines is 1. The van der Waals surface area contributed by atoms with Gasteiger partial charge in [-0.2, -0.15) is 0 Å². The van der Waals surface area contributed by atoms with Crippen LogP contribution in [-0.2, 0) is 21.0 Å². The largest absolute Gasteiger partial charge is 0.497 e. The molecular weight excluding hydrogens is 396 g/mol. The summed E-state index contributed by atoms with van der Waals surface area (Å²) in [4.78, 5) is 29.7. The summed E-state index contributed by atoms with van der Waals surface area (Å²) in [6, 6.07) is 14.0. The smallest absolute Gasteiger partial charge is 0.268 e. The summed E-state index contributed by atoms with van der Waals surface area (Å²) in [7, 11) is 1.62. The quantitative estimate of drug-likeness (QED) is 0.717. The number of carbonyl (C=O) groups is 2. The standard InChI is InChI=1S/C24H28N2O3S/c1-16(2)13-22(27)26-11-12-30-24(26)20-14-19(29-4)9-10-21(20)25(23(24)28)15-18-7-5-17(3)6-8-18/h5-10,14,16H,11-13,15H2,1-4H3/t24-/m1/s1. The van der Waals surface area contributed by atoms with Crippen molar-refractivity contribution < 1.29 is 14.3 Å². The van der Waals surface area contributed by atoms with Gasteiger partial charge in [0.25, 0.3) is 5.91 Å². The molecule has 1 spiro atoms. The average molecular weight is 425 g/mol. The van der Waals surface area contributed by atoms with E-state index in [1.807, 2.05) is 36.9 Å². The van der Waals surface area contributed by atoms with Crippen molar-refractivity contribution in [3.05, 3.63) is 59.2 Å². The number of amides is 2. The third kappa shape index (κ3) is 3.37. The van der Waals surface area contributed by atoms with Crippen molar-refractivity contribution in [3.8, 4) is 5.75 Å². The summed E-state index contributed by atoms with van der Waals surface area (Å²) >= 11 is 1.56. The second-order valence-electron chi connectivity index (χ2n) is 8.40. The Kier molecular flexibility index (Phi) is 5.53. The van der Waals surface area contributed by atoms with Crippen LogP contribution in [0, 0.1) is 12.8 Å². The van der Waals surface area contributed by atoms with Gasteiger partial charge in [-0.05, 0) is 36.6 Å². The fourth-order valence-electron chi connectivity index (χ4n) is 4.27. The van der Waals surface area contributed by atoms with E-state index in [-0.39, 0.29) is 17.7 Å². The molecule has 158 valence electrons. The van der Waals surface area contributed by atoms with E-state index < -0.39 is 4.87 Å². The highest BCUT2D eigenvalue weighted by Crippen LogP contribution is 2.55. The molecule has 5 nitrogen and oxygen atoms in total. The van der Waals surface area contributed by atoms with Crippen molar-refractivity contribution >= 4 is 29.3 Å². The van der Waals surface area contributed by atoms with E-state index in [0.717, 1.165) is 22.6 Å². The maximum absolute atomic E-state index is 13.9. The van der Waals surface area contributed by atoms with Crippen LogP contribution in [0.2, 0.25) is 0 Å². The third-order valence-corrected chi connectivity index (χ3v) is 7.17. The molecular formula is C24H28N2O3S. The molecule has 2 aliphatic rings. The number of rotatable bonds is 5. The molecule has 2 aliphatic heterocycles. The summed E-state index contributed by atoms with van der Waals surface area (Å²) in [5, 5.41) is 0. The molecule has 1 saturated heterocycles. The Balaban J connectivity index is 1.79. The van der Waals surface area contributed by atoms with E-state index in [2.05, 4.69) is 31.2 Å². The number of ether oxygens (including phenoxy) is 1. The molecule has 2 amide bonds. The Hall–Kier alpha value is -2.47. The van der Waals surface area contributed by atoms with E-state index in [4.69, 9.17) is 4.74 Å². The maximum atomic E-state index is 13.9. The van der Waals surface area contributed by atoms with E-state index in [1.165, 1.54) is 5.56 Å². The molecule has 0 radical (unpaired) electrons. The average Bonchev–Trinajstić information content (AvgIpc) is 3.26. The zero-order valence-corrected chi connectivity index (χ0v) is 18.8. The van der Waals surface area contributed by atoms with Gasteiger partial charge in [-0.15, -0.1) is 11.8 Å². The van der Waals surface area contributed by atoms with Gasteiger partial charge < -0.3 is 14.5 Å². The lowest BCUT2D eigenvalue weighted by atomic mass is 10.0. The number of hydrogen-bond donors (Lipinski definition) is 0. The fraction of sp³-hybridized carbons (Fsp3) is 0.417. The Morgan fingerprint density at radius 1 is 1.20 bits per heavy atom. The topological polar surface area (TPSA) is 49.9 Å². The SMILES string of the molecule is COc1ccc2c(c1)[C@@]1(SCCN1C(=O)CC(C)C)C(=O)N2Cc1ccc(C)cc1. The molecule has 0 unspecified atom stereocenters. The lowest BCUT2D eigenvalue weighted by Gasteiger charge is -2.33. The molecule has 2 aromatic carbocycles. The van der Waals surface area contributed by atoms with E-state index in [1.54, 1.807) is 23.8 Å². The van der Waals surface area contributed by atoms with Crippen molar-refractivity contribution in [1.29, 1.82) is 0 Å². The van der Waals surface area contributed by atoms with Gasteiger partial charge in [0.1, 0.15) is 5.75 Å². The predicted molar refractivity (Wildman–Crippen MR) is 121 cm³/mol. The van der Waals surface area contributed by atoms with Gasteiger partial charge in [-0.3, -0.25) is 9.59 Å². The zero-order chi connectivity index (χ0) is 21.5. The summed E-state index contributed by atoms with van der Waals surface area (Å²) < 4.78 is 5.46. The summed E-state index contributed by atoms with van der Waals surface area (Å²) in [5.41, 5.74) is 3.97. The minimum atomic E-state index is -0.999. The minimum absolute atomic E-state index is 0.0362. The van der Waals surface area contributed by atoms with Gasteiger partial charge in [-0.1, -0.05) is 43.7 Å². The normalized spacial score (nSPS) is 20.4. The van der Waals surface area contributed by atoms with Gasteiger partial charge in [0.05, 0.1) is 19.3 Å². The third-order valence-electron chi connectivity index (χ3n) is 5.75. The minimum Gasteiger partial charge on any atom is -0.497 e. The van der Waals surface area contributed by atoms with Crippen LogP contribution >= 0.6 is 11.8 Å². The first-order valence-corrected chi connectivity index (χ1v) is 11.4. The predicted octanol–water partition coefficient (Wildman–Crippen LogP) is 4.32. The van der Waals surface area contributed by atoms with Crippen LogP contribution in [0.5, 0.6) is 5.75 Å². The van der Waals surface area contributed by atoms with Crippen LogP contribution in [0.3, 0.4) is 0 Å². The van der Waals surface area contributed by atoms with Gasteiger partial charge in [-0.25, -0.2) is 0 Å². The number of carbonyl (C=O) groups excluding carboxylic acids is 2. The number of fused-ring (bicyclic) bond motifs is 2. The van der Waals surface area contributed by atoms with Gasteiger partial charge in [0.2, 0.25) is 5.91 Å². The highest BCUT2D eigenvalue weighted by Gasteiger charge is 2.59. The van der Waals surface area contributed by atoms with Crippen LogP contribution in [-0.4, -0.2) is 36.1 Å². The van der Waals surface area contributed by atoms with E-state index in [9.17, 15) is 9.59 Å². The van der Waals surface area contributed by atoms with E-state index >= 15 is 0 Å². The summed E-state index contributed by atoms with van der Waals surface area (Å²) in [6.07, 6.45) is 0.437. The van der Waals surface area contributed by atoms with Crippen molar-refractivity contribution in [1.82, 2.24) is 4.90 Å². The molecule has 2 heterocycles. The molecule has 0 N–H and O–H groups in total. The Bertz CT molecular complexity index is 973. The van der Waals surface area contributed by atoms with E-state index in [0.29, 0.717) is 25.3 Å². The molecule has 0 aliphatic carbocycles. The molecule has 1 atom stereocenters. The van der Waals surface area contributed by atoms with Gasteiger partial charge in [0.15, 0.2) is 4.87 Å². The second kappa shape index (κ2) is 7.99. The Labute approximate surface area is 182 Å². The zero-order valence-electron chi connectivity index (χ0n) is 18.0. The fourth-order valence-corrected chi connectivity index (χ4v) is 5.74. The first kappa shape index (κ1) is 20.8. The summed E-state index contributed by atoms with van der Waals surface area (Å²) in [5.74, 6) is 1.68. The Morgan fingerprint density at radius 3 is 2.60 bits per heavy atom. The molecule has 1 fully saturated rings. The highest BCUT2D eigenvalue weighted by molar-refractivity contribution is 8.01. The number of methoxy groups -OCH3 is 1. The number of hydrogen-bond acceptors (Lipinski definition) is 4. The van der Waals surface area contributed by atoms with Crippen molar-refractivity contribution in [2.45, 2.75) is 38.6 Å². The van der Waals surface area contributed by atoms with Crippen molar-refractivity contribution in [3.63, 3.8) is 0 Å². The monoisotopic (exact) mass is 424 g/mol. The summed E-state index contributed by atoms with van der Waals surface area (Å²) in [6.45, 7) is 7.18. The highest BCUT2D eigenvalue weighted by atomic mass is 32.2.